The molecule has 2 nitrogen and oxygen atoms in total. The molecule has 0 amide bonds. The molecule has 3 heteroatoms. The zero-order valence-electron chi connectivity index (χ0n) is 11.4. The van der Waals surface area contributed by atoms with Crippen LogP contribution in [-0.2, 0) is 0 Å². The molecule has 1 aliphatic heterocycles. The lowest BCUT2D eigenvalue weighted by molar-refractivity contribution is 0.527. The quantitative estimate of drug-likeness (QED) is 0.798. The Kier molecular flexibility index (Phi) is 4.45. The Hall–Kier alpha value is -1.23. The summed E-state index contributed by atoms with van der Waals surface area (Å²) in [5.41, 5.74) is 2.59. The average molecular weight is 378 g/mol. The Morgan fingerprint density at radius 3 is 2.40 bits per heavy atom. The van der Waals surface area contributed by atoms with Crippen LogP contribution in [0.15, 0.2) is 54.6 Å². The molecule has 1 fully saturated rings. The van der Waals surface area contributed by atoms with Gasteiger partial charge in [0.1, 0.15) is 0 Å². The number of halogens is 1. The number of anilines is 2. The molecular weight excluding hydrogens is 359 g/mol. The van der Waals surface area contributed by atoms with Gasteiger partial charge in [0.15, 0.2) is 0 Å². The number of para-hydroxylation sites is 1. The molecule has 0 aliphatic carbocycles. The molecule has 0 spiro atoms. The summed E-state index contributed by atoms with van der Waals surface area (Å²) in [6.07, 6.45) is 2.39. The van der Waals surface area contributed by atoms with Gasteiger partial charge in [-0.25, -0.2) is 0 Å². The topological polar surface area (TPSA) is 15.3 Å². The summed E-state index contributed by atoms with van der Waals surface area (Å²) in [5, 5.41) is 3.66. The van der Waals surface area contributed by atoms with Crippen LogP contribution in [0.25, 0.3) is 0 Å². The third-order valence-corrected chi connectivity index (χ3v) is 4.48. The molecule has 20 heavy (non-hydrogen) atoms. The van der Waals surface area contributed by atoms with Crippen molar-refractivity contribution in [2.45, 2.75) is 18.9 Å². The van der Waals surface area contributed by atoms with Gasteiger partial charge in [-0.15, -0.1) is 0 Å². The molecule has 1 N–H and O–H groups in total. The highest BCUT2D eigenvalue weighted by Crippen LogP contribution is 2.22. The standard InChI is InChI=1S/C17H19IN2/c18-14-5-4-6-16(13-14)19-15-9-11-20(12-10-15)17-7-2-1-3-8-17/h1-8,13,15,19H,9-12H2. The van der Waals surface area contributed by atoms with Crippen LogP contribution in [0.3, 0.4) is 0 Å². The highest BCUT2D eigenvalue weighted by molar-refractivity contribution is 14.1. The monoisotopic (exact) mass is 378 g/mol. The van der Waals surface area contributed by atoms with Gasteiger partial charge >= 0.3 is 0 Å². The molecule has 0 aromatic heterocycles. The van der Waals surface area contributed by atoms with Crippen molar-refractivity contribution < 1.29 is 0 Å². The lowest BCUT2D eigenvalue weighted by Gasteiger charge is -2.34. The van der Waals surface area contributed by atoms with Crippen LogP contribution < -0.4 is 10.2 Å². The number of rotatable bonds is 3. The predicted octanol–water partition coefficient (Wildman–Crippen LogP) is 4.37. The smallest absolute Gasteiger partial charge is 0.0366 e. The van der Waals surface area contributed by atoms with Crippen LogP contribution in [0, 0.1) is 3.57 Å². The fourth-order valence-electron chi connectivity index (χ4n) is 2.73. The second-order valence-corrected chi connectivity index (χ2v) is 6.50. The highest BCUT2D eigenvalue weighted by atomic mass is 127. The van der Waals surface area contributed by atoms with Crippen molar-refractivity contribution in [3.8, 4) is 0 Å². The predicted molar refractivity (Wildman–Crippen MR) is 94.5 cm³/mol. The number of hydrogen-bond acceptors (Lipinski definition) is 2. The maximum absolute atomic E-state index is 3.66. The molecule has 0 unspecified atom stereocenters. The SMILES string of the molecule is Ic1cccc(NC2CCN(c3ccccc3)CC2)c1. The Labute approximate surface area is 134 Å². The van der Waals surface area contributed by atoms with Crippen molar-refractivity contribution >= 4 is 34.0 Å². The van der Waals surface area contributed by atoms with Gasteiger partial charge in [0.05, 0.1) is 0 Å². The summed E-state index contributed by atoms with van der Waals surface area (Å²) in [4.78, 5) is 2.48. The first-order valence-electron chi connectivity index (χ1n) is 7.13. The number of benzene rings is 2. The van der Waals surface area contributed by atoms with E-state index in [2.05, 4.69) is 87.4 Å². The first-order chi connectivity index (χ1) is 9.81. The van der Waals surface area contributed by atoms with Crippen LogP contribution in [0.5, 0.6) is 0 Å². The largest absolute Gasteiger partial charge is 0.382 e. The maximum atomic E-state index is 3.66. The molecule has 0 bridgehead atoms. The Balaban J connectivity index is 1.56. The van der Waals surface area contributed by atoms with Gasteiger partial charge in [-0.05, 0) is 65.8 Å². The van der Waals surface area contributed by atoms with E-state index in [-0.39, 0.29) is 0 Å². The summed E-state index contributed by atoms with van der Waals surface area (Å²) in [6.45, 7) is 2.26. The van der Waals surface area contributed by atoms with E-state index in [0.717, 1.165) is 13.1 Å². The molecule has 1 aliphatic rings. The van der Waals surface area contributed by atoms with Crippen molar-refractivity contribution in [2.24, 2.45) is 0 Å². The maximum Gasteiger partial charge on any atom is 0.0366 e. The normalized spacial score (nSPS) is 16.1. The van der Waals surface area contributed by atoms with Gasteiger partial charge in [0.25, 0.3) is 0 Å². The summed E-state index contributed by atoms with van der Waals surface area (Å²) >= 11 is 2.36. The number of hydrogen-bond donors (Lipinski definition) is 1. The van der Waals surface area contributed by atoms with Crippen molar-refractivity contribution in [2.75, 3.05) is 23.3 Å². The van der Waals surface area contributed by atoms with Gasteiger partial charge in [0.2, 0.25) is 0 Å². The molecule has 1 saturated heterocycles. The Morgan fingerprint density at radius 2 is 1.70 bits per heavy atom. The van der Waals surface area contributed by atoms with E-state index in [1.165, 1.54) is 27.8 Å². The summed E-state index contributed by atoms with van der Waals surface area (Å²) in [5.74, 6) is 0. The van der Waals surface area contributed by atoms with Crippen molar-refractivity contribution in [1.29, 1.82) is 0 Å². The third-order valence-electron chi connectivity index (χ3n) is 3.81. The lowest BCUT2D eigenvalue weighted by Crippen LogP contribution is -2.39. The molecule has 0 atom stereocenters. The van der Waals surface area contributed by atoms with E-state index in [1.54, 1.807) is 0 Å². The van der Waals surface area contributed by atoms with Crippen LogP contribution in [0.1, 0.15) is 12.8 Å². The third kappa shape index (κ3) is 3.45. The second-order valence-electron chi connectivity index (χ2n) is 5.25. The van der Waals surface area contributed by atoms with Crippen LogP contribution in [-0.4, -0.2) is 19.1 Å². The summed E-state index contributed by atoms with van der Waals surface area (Å²) in [7, 11) is 0. The van der Waals surface area contributed by atoms with Gasteiger partial charge in [-0.3, -0.25) is 0 Å². The van der Waals surface area contributed by atoms with E-state index in [1.807, 2.05) is 0 Å². The lowest BCUT2D eigenvalue weighted by atomic mass is 10.0. The molecular formula is C17H19IN2. The van der Waals surface area contributed by atoms with E-state index in [9.17, 15) is 0 Å². The minimum Gasteiger partial charge on any atom is -0.382 e. The zero-order valence-corrected chi connectivity index (χ0v) is 13.6. The number of piperidine rings is 1. The van der Waals surface area contributed by atoms with E-state index >= 15 is 0 Å². The number of nitrogens with zero attached hydrogens (tertiary/aromatic N) is 1. The van der Waals surface area contributed by atoms with Crippen LogP contribution in [0.4, 0.5) is 11.4 Å². The summed E-state index contributed by atoms with van der Waals surface area (Å²) < 4.78 is 1.29. The van der Waals surface area contributed by atoms with Crippen LogP contribution in [0.2, 0.25) is 0 Å². The molecule has 2 aromatic carbocycles. The van der Waals surface area contributed by atoms with Gasteiger partial charge in [0, 0.05) is 34.1 Å². The minimum absolute atomic E-state index is 0.591. The molecule has 0 radical (unpaired) electrons. The van der Waals surface area contributed by atoms with Gasteiger partial charge in [-0.1, -0.05) is 24.3 Å². The van der Waals surface area contributed by atoms with Crippen molar-refractivity contribution in [3.63, 3.8) is 0 Å². The Bertz CT molecular complexity index is 548. The summed E-state index contributed by atoms with van der Waals surface area (Å²) in [6, 6.07) is 19.9. The molecule has 2 aromatic rings. The van der Waals surface area contributed by atoms with Crippen molar-refractivity contribution in [3.05, 3.63) is 58.2 Å². The van der Waals surface area contributed by atoms with E-state index < -0.39 is 0 Å². The highest BCUT2D eigenvalue weighted by Gasteiger charge is 2.19. The molecule has 104 valence electrons. The number of nitrogens with one attached hydrogen (secondary N) is 1. The van der Waals surface area contributed by atoms with Crippen molar-refractivity contribution in [1.82, 2.24) is 0 Å². The first-order valence-corrected chi connectivity index (χ1v) is 8.21. The van der Waals surface area contributed by atoms with E-state index in [0.29, 0.717) is 6.04 Å². The second kappa shape index (κ2) is 6.48. The van der Waals surface area contributed by atoms with Gasteiger partial charge < -0.3 is 10.2 Å². The average Bonchev–Trinajstić information content (AvgIpc) is 2.49. The molecule has 1 heterocycles. The Morgan fingerprint density at radius 1 is 0.950 bits per heavy atom. The van der Waals surface area contributed by atoms with E-state index in [4.69, 9.17) is 0 Å². The fraction of sp³-hybridized carbons (Fsp3) is 0.294. The molecule has 0 saturated carbocycles. The fourth-order valence-corrected chi connectivity index (χ4v) is 3.28. The molecule has 3 rings (SSSR count). The minimum atomic E-state index is 0.591. The zero-order chi connectivity index (χ0) is 13.8. The first kappa shape index (κ1) is 13.7. The van der Waals surface area contributed by atoms with Gasteiger partial charge in [-0.2, -0.15) is 0 Å². The van der Waals surface area contributed by atoms with Crippen LogP contribution >= 0.6 is 22.6 Å².